The summed E-state index contributed by atoms with van der Waals surface area (Å²) in [5, 5.41) is 14.2. The van der Waals surface area contributed by atoms with E-state index in [-0.39, 0.29) is 42.1 Å². The Morgan fingerprint density at radius 3 is 2.36 bits per heavy atom. The van der Waals surface area contributed by atoms with Crippen LogP contribution >= 0.6 is 0 Å². The molecule has 0 bridgehead atoms. The summed E-state index contributed by atoms with van der Waals surface area (Å²) in [6, 6.07) is 18.0. The summed E-state index contributed by atoms with van der Waals surface area (Å²) in [4.78, 5) is 39.1. The summed E-state index contributed by atoms with van der Waals surface area (Å²) in [6.07, 6.45) is 0.961. The quantitative estimate of drug-likeness (QED) is 0.250. The number of nitro groups is 1. The molecule has 0 spiro atoms. The molecule has 10 heteroatoms. The van der Waals surface area contributed by atoms with Crippen molar-refractivity contribution in [1.29, 1.82) is 0 Å². The molecule has 3 aromatic carbocycles. The number of hydrogen-bond donors (Lipinski definition) is 1. The van der Waals surface area contributed by atoms with Crippen LogP contribution in [0.15, 0.2) is 72.8 Å². The lowest BCUT2D eigenvalue weighted by Gasteiger charge is -2.32. The maximum Gasteiger partial charge on any atom is 0.311 e. The summed E-state index contributed by atoms with van der Waals surface area (Å²) >= 11 is 0. The van der Waals surface area contributed by atoms with Gasteiger partial charge in [0.15, 0.2) is 6.61 Å². The second-order valence-electron chi connectivity index (χ2n) is 9.05. The van der Waals surface area contributed by atoms with Crippen molar-refractivity contribution in [3.05, 3.63) is 99.9 Å². The molecule has 206 valence electrons. The molecule has 1 N–H and O–H groups in total. The number of hydrogen-bond acceptors (Lipinski definition) is 6. The predicted octanol–water partition coefficient (Wildman–Crippen LogP) is 4.68. The monoisotopic (exact) mass is 537 g/mol. The molecule has 0 aromatic heterocycles. The zero-order chi connectivity index (χ0) is 28.4. The van der Waals surface area contributed by atoms with E-state index in [9.17, 15) is 24.1 Å². The third-order valence-corrected chi connectivity index (χ3v) is 6.25. The fourth-order valence-corrected chi connectivity index (χ4v) is 3.91. The lowest BCUT2D eigenvalue weighted by atomic mass is 10.0. The Morgan fingerprint density at radius 2 is 1.74 bits per heavy atom. The molecule has 2 atom stereocenters. The Morgan fingerprint density at radius 1 is 1.05 bits per heavy atom. The lowest BCUT2D eigenvalue weighted by molar-refractivity contribution is -0.385. The molecule has 0 heterocycles. The fraction of sp³-hybridized carbons (Fsp3) is 0.310. The van der Waals surface area contributed by atoms with Gasteiger partial charge in [0.2, 0.25) is 11.7 Å². The topological polar surface area (TPSA) is 111 Å². The van der Waals surface area contributed by atoms with Gasteiger partial charge in [-0.05, 0) is 42.7 Å². The van der Waals surface area contributed by atoms with E-state index in [2.05, 4.69) is 5.32 Å². The molecule has 0 aliphatic carbocycles. The molecule has 3 rings (SSSR count). The van der Waals surface area contributed by atoms with E-state index in [1.807, 2.05) is 44.2 Å². The second kappa shape index (κ2) is 13.9. The Bertz CT molecular complexity index is 1270. The van der Waals surface area contributed by atoms with Crippen LogP contribution in [-0.4, -0.2) is 47.4 Å². The summed E-state index contributed by atoms with van der Waals surface area (Å²) < 4.78 is 24.3. The zero-order valence-electron chi connectivity index (χ0n) is 22.1. The summed E-state index contributed by atoms with van der Waals surface area (Å²) in [5.74, 6) is -1.04. The molecule has 0 fully saturated rings. The van der Waals surface area contributed by atoms with Crippen LogP contribution in [-0.2, 0) is 22.6 Å². The molecular formula is C29H32FN3O6. The van der Waals surface area contributed by atoms with Gasteiger partial charge >= 0.3 is 5.69 Å². The number of benzene rings is 3. The molecule has 0 unspecified atom stereocenters. The highest BCUT2D eigenvalue weighted by Gasteiger charge is 2.31. The molecule has 0 radical (unpaired) electrons. The Balaban J connectivity index is 1.91. The minimum atomic E-state index is -0.881. The van der Waals surface area contributed by atoms with E-state index in [0.29, 0.717) is 12.0 Å². The zero-order valence-corrected chi connectivity index (χ0v) is 22.1. The van der Waals surface area contributed by atoms with Crippen molar-refractivity contribution in [2.45, 2.75) is 45.3 Å². The fourth-order valence-electron chi connectivity index (χ4n) is 3.91. The lowest BCUT2D eigenvalue weighted by Crippen LogP contribution is -2.53. The smallest absolute Gasteiger partial charge is 0.311 e. The average molecular weight is 538 g/mol. The Kier molecular flexibility index (Phi) is 10.4. The van der Waals surface area contributed by atoms with Crippen molar-refractivity contribution in [2.24, 2.45) is 0 Å². The van der Waals surface area contributed by atoms with Gasteiger partial charge in [-0.25, -0.2) is 4.39 Å². The molecule has 0 aliphatic rings. The Labute approximate surface area is 226 Å². The molecule has 0 saturated carbocycles. The van der Waals surface area contributed by atoms with Crippen molar-refractivity contribution in [3.63, 3.8) is 0 Å². The van der Waals surface area contributed by atoms with Crippen molar-refractivity contribution in [3.8, 4) is 11.5 Å². The van der Waals surface area contributed by atoms with E-state index in [0.717, 1.165) is 5.56 Å². The van der Waals surface area contributed by atoms with E-state index in [4.69, 9.17) is 9.47 Å². The van der Waals surface area contributed by atoms with E-state index >= 15 is 0 Å². The molecule has 39 heavy (non-hydrogen) atoms. The van der Waals surface area contributed by atoms with Crippen molar-refractivity contribution >= 4 is 17.5 Å². The first-order valence-electron chi connectivity index (χ1n) is 12.5. The number of carbonyl (C=O) groups is 2. The Hall–Kier alpha value is -4.47. The number of ether oxygens (including phenoxy) is 2. The molecule has 3 aromatic rings. The molecule has 0 saturated heterocycles. The van der Waals surface area contributed by atoms with Crippen molar-refractivity contribution < 1.29 is 28.4 Å². The number of halogens is 1. The van der Waals surface area contributed by atoms with Crippen LogP contribution in [0.1, 0.15) is 31.4 Å². The van der Waals surface area contributed by atoms with Gasteiger partial charge in [-0.2, -0.15) is 0 Å². The van der Waals surface area contributed by atoms with Crippen LogP contribution in [0.2, 0.25) is 0 Å². The number of rotatable bonds is 13. The van der Waals surface area contributed by atoms with Gasteiger partial charge in [-0.1, -0.05) is 49.4 Å². The van der Waals surface area contributed by atoms with E-state index < -0.39 is 29.3 Å². The maximum absolute atomic E-state index is 13.6. The van der Waals surface area contributed by atoms with Crippen molar-refractivity contribution in [2.75, 3.05) is 13.7 Å². The normalized spacial score (nSPS) is 12.2. The number of carbonyl (C=O) groups excluding carboxylic acids is 2. The van der Waals surface area contributed by atoms with Gasteiger partial charge < -0.3 is 19.7 Å². The number of methoxy groups -OCH3 is 1. The van der Waals surface area contributed by atoms with Crippen LogP contribution in [0.3, 0.4) is 0 Å². The van der Waals surface area contributed by atoms with Crippen LogP contribution < -0.4 is 14.8 Å². The highest BCUT2D eigenvalue weighted by Crippen LogP contribution is 2.30. The van der Waals surface area contributed by atoms with Gasteiger partial charge in [-0.15, -0.1) is 0 Å². The number of nitrogens with zero attached hydrogens (tertiary/aromatic N) is 2. The van der Waals surface area contributed by atoms with Crippen LogP contribution in [0.5, 0.6) is 11.5 Å². The summed E-state index contributed by atoms with van der Waals surface area (Å²) in [6.45, 7) is 3.43. The highest BCUT2D eigenvalue weighted by molar-refractivity contribution is 5.88. The van der Waals surface area contributed by atoms with Crippen LogP contribution in [0.4, 0.5) is 10.1 Å². The van der Waals surface area contributed by atoms with Gasteiger partial charge in [-0.3, -0.25) is 19.7 Å². The summed E-state index contributed by atoms with van der Waals surface area (Å²) in [5.41, 5.74) is 1.26. The van der Waals surface area contributed by atoms with E-state index in [1.54, 1.807) is 12.1 Å². The average Bonchev–Trinajstić information content (AvgIpc) is 2.94. The van der Waals surface area contributed by atoms with Gasteiger partial charge in [0.1, 0.15) is 17.6 Å². The second-order valence-corrected chi connectivity index (χ2v) is 9.05. The van der Waals surface area contributed by atoms with Gasteiger partial charge in [0.05, 0.1) is 12.0 Å². The largest absolute Gasteiger partial charge is 0.490 e. The number of nitro benzene ring substituents is 1. The van der Waals surface area contributed by atoms with Gasteiger partial charge in [0.25, 0.3) is 5.91 Å². The van der Waals surface area contributed by atoms with E-state index in [1.165, 1.54) is 42.3 Å². The van der Waals surface area contributed by atoms with Crippen LogP contribution in [0, 0.1) is 15.9 Å². The summed E-state index contributed by atoms with van der Waals surface area (Å²) in [7, 11) is 1.30. The highest BCUT2D eigenvalue weighted by atomic mass is 19.1. The third-order valence-electron chi connectivity index (χ3n) is 6.25. The molecule has 2 amide bonds. The first kappa shape index (κ1) is 29.1. The van der Waals surface area contributed by atoms with Crippen molar-refractivity contribution in [1.82, 2.24) is 10.2 Å². The number of nitrogens with one attached hydrogen (secondary N) is 1. The standard InChI is InChI=1S/C29H32FN3O6/c1-4-20(2)31-29(35)26(16-21-8-6-5-7-9-21)32(18-22-10-12-23(30)13-11-22)28(34)19-39-24-14-15-25(33(36)37)27(17-24)38-3/h5-15,17,20,26H,4,16,18-19H2,1-3H3,(H,31,35)/t20-,26+/m0/s1. The first-order chi connectivity index (χ1) is 18.7. The number of amides is 2. The first-order valence-corrected chi connectivity index (χ1v) is 12.5. The molecule has 0 aliphatic heterocycles. The predicted molar refractivity (Wildman–Crippen MR) is 144 cm³/mol. The minimum absolute atomic E-state index is 0.0111. The minimum Gasteiger partial charge on any atom is -0.490 e. The van der Waals surface area contributed by atoms with Gasteiger partial charge in [0, 0.05) is 31.1 Å². The van der Waals surface area contributed by atoms with Crippen LogP contribution in [0.25, 0.3) is 0 Å². The molecular weight excluding hydrogens is 505 g/mol. The maximum atomic E-state index is 13.6. The molecule has 9 nitrogen and oxygen atoms in total. The SMILES string of the molecule is CC[C@H](C)NC(=O)[C@@H](Cc1ccccc1)N(Cc1ccc(F)cc1)C(=O)COc1ccc([N+](=O)[O-])c(OC)c1. The third kappa shape index (κ3) is 8.26.